The van der Waals surface area contributed by atoms with Crippen molar-refractivity contribution in [3.63, 3.8) is 0 Å². The standard InChI is InChI=1S/C21H27NO6S/c1-13(2)22-16(20(23)15-8-6-7-9-19(15)29(22,24)25)10-14-11-17(26-3)21(28-5)18(12-14)27-4/h6-9,11-13,16,20,23H,10H2,1-5H3. The van der Waals surface area contributed by atoms with Crippen LogP contribution < -0.4 is 14.2 Å². The maximum absolute atomic E-state index is 13.3. The van der Waals surface area contributed by atoms with Gasteiger partial charge in [-0.15, -0.1) is 0 Å². The second kappa shape index (κ2) is 8.22. The van der Waals surface area contributed by atoms with E-state index in [1.165, 1.54) is 25.6 Å². The lowest BCUT2D eigenvalue weighted by Gasteiger charge is -2.41. The van der Waals surface area contributed by atoms with Crippen molar-refractivity contribution < 1.29 is 27.7 Å². The van der Waals surface area contributed by atoms with Crippen LogP contribution in [0.5, 0.6) is 17.2 Å². The van der Waals surface area contributed by atoms with Gasteiger partial charge in [0.25, 0.3) is 0 Å². The first-order valence-electron chi connectivity index (χ1n) is 9.35. The van der Waals surface area contributed by atoms with Crippen LogP contribution in [-0.2, 0) is 16.4 Å². The average molecular weight is 422 g/mol. The Morgan fingerprint density at radius 3 is 2.14 bits per heavy atom. The zero-order valence-electron chi connectivity index (χ0n) is 17.2. The summed E-state index contributed by atoms with van der Waals surface area (Å²) >= 11 is 0. The highest BCUT2D eigenvalue weighted by Gasteiger charge is 2.44. The number of hydrogen-bond donors (Lipinski definition) is 1. The number of ether oxygens (including phenoxy) is 3. The van der Waals surface area contributed by atoms with Gasteiger partial charge in [-0.3, -0.25) is 0 Å². The Balaban J connectivity index is 2.10. The molecule has 0 fully saturated rings. The number of fused-ring (bicyclic) bond motifs is 1. The van der Waals surface area contributed by atoms with Gasteiger partial charge in [0, 0.05) is 11.6 Å². The van der Waals surface area contributed by atoms with Crippen LogP contribution in [0.25, 0.3) is 0 Å². The zero-order valence-corrected chi connectivity index (χ0v) is 18.1. The van der Waals surface area contributed by atoms with E-state index in [0.29, 0.717) is 22.8 Å². The van der Waals surface area contributed by atoms with Crippen LogP contribution in [0.15, 0.2) is 41.3 Å². The molecular weight excluding hydrogens is 394 g/mol. The molecule has 0 aromatic heterocycles. The number of benzene rings is 2. The Hall–Kier alpha value is -2.29. The SMILES string of the molecule is COc1cc(CC2C(O)c3ccccc3S(=O)(=O)N2C(C)C)cc(OC)c1OC. The van der Waals surface area contributed by atoms with Crippen molar-refractivity contribution >= 4 is 10.0 Å². The number of aliphatic hydroxyl groups is 1. The fraction of sp³-hybridized carbons (Fsp3) is 0.429. The summed E-state index contributed by atoms with van der Waals surface area (Å²) in [4.78, 5) is 0.155. The van der Waals surface area contributed by atoms with Gasteiger partial charge in [0.05, 0.1) is 38.4 Å². The number of hydrogen-bond acceptors (Lipinski definition) is 6. The molecule has 0 aliphatic carbocycles. The molecule has 1 N–H and O–H groups in total. The van der Waals surface area contributed by atoms with E-state index in [1.807, 2.05) is 0 Å². The molecule has 1 aliphatic rings. The number of sulfonamides is 1. The van der Waals surface area contributed by atoms with Gasteiger partial charge >= 0.3 is 0 Å². The molecule has 1 aliphatic heterocycles. The van der Waals surface area contributed by atoms with Crippen molar-refractivity contribution in [1.29, 1.82) is 0 Å². The van der Waals surface area contributed by atoms with Crippen LogP contribution in [0.3, 0.4) is 0 Å². The smallest absolute Gasteiger partial charge is 0.244 e. The van der Waals surface area contributed by atoms with E-state index in [-0.39, 0.29) is 17.4 Å². The molecule has 3 rings (SSSR count). The molecule has 0 saturated heterocycles. The lowest BCUT2D eigenvalue weighted by atomic mass is 9.94. The van der Waals surface area contributed by atoms with Crippen molar-refractivity contribution in [1.82, 2.24) is 4.31 Å². The summed E-state index contributed by atoms with van der Waals surface area (Å²) in [5, 5.41) is 11.1. The monoisotopic (exact) mass is 421 g/mol. The van der Waals surface area contributed by atoms with Crippen LogP contribution in [0.2, 0.25) is 0 Å². The van der Waals surface area contributed by atoms with Gasteiger partial charge in [0.2, 0.25) is 15.8 Å². The maximum atomic E-state index is 13.3. The highest BCUT2D eigenvalue weighted by Crippen LogP contribution is 2.42. The predicted octanol–water partition coefficient (Wildman–Crippen LogP) is 2.77. The van der Waals surface area contributed by atoms with Gasteiger partial charge in [-0.1, -0.05) is 18.2 Å². The second-order valence-corrected chi connectivity index (χ2v) is 9.03. The number of rotatable bonds is 6. The summed E-state index contributed by atoms with van der Waals surface area (Å²) in [6.45, 7) is 3.61. The molecule has 0 spiro atoms. The highest BCUT2D eigenvalue weighted by molar-refractivity contribution is 7.89. The molecular formula is C21H27NO6S. The topological polar surface area (TPSA) is 85.3 Å². The Labute approximate surface area is 171 Å². The number of nitrogens with zero attached hydrogens (tertiary/aromatic N) is 1. The molecule has 158 valence electrons. The fourth-order valence-corrected chi connectivity index (χ4v) is 6.02. The van der Waals surface area contributed by atoms with Crippen molar-refractivity contribution in [2.45, 2.75) is 43.4 Å². The summed E-state index contributed by atoms with van der Waals surface area (Å²) in [5.74, 6) is 1.42. The highest BCUT2D eigenvalue weighted by atomic mass is 32.2. The molecule has 1 heterocycles. The first-order valence-corrected chi connectivity index (χ1v) is 10.8. The van der Waals surface area contributed by atoms with Crippen molar-refractivity contribution in [2.75, 3.05) is 21.3 Å². The number of aliphatic hydroxyl groups excluding tert-OH is 1. The van der Waals surface area contributed by atoms with Crippen molar-refractivity contribution in [3.05, 3.63) is 47.5 Å². The van der Waals surface area contributed by atoms with E-state index in [0.717, 1.165) is 5.56 Å². The summed E-state index contributed by atoms with van der Waals surface area (Å²) in [7, 11) is 0.831. The largest absolute Gasteiger partial charge is 0.493 e. The lowest BCUT2D eigenvalue weighted by Crippen LogP contribution is -2.52. The molecule has 0 radical (unpaired) electrons. The van der Waals surface area contributed by atoms with Crippen molar-refractivity contribution in [3.8, 4) is 17.2 Å². The molecule has 0 amide bonds. The Morgan fingerprint density at radius 2 is 1.62 bits per heavy atom. The summed E-state index contributed by atoms with van der Waals surface area (Å²) < 4.78 is 44.1. The van der Waals surface area contributed by atoms with Gasteiger partial charge in [0.1, 0.15) is 0 Å². The molecule has 2 aromatic rings. The van der Waals surface area contributed by atoms with Crippen LogP contribution in [-0.4, -0.2) is 51.2 Å². The minimum absolute atomic E-state index is 0.155. The van der Waals surface area contributed by atoms with Gasteiger partial charge in [-0.05, 0) is 44.0 Å². The van der Waals surface area contributed by atoms with E-state index in [4.69, 9.17) is 14.2 Å². The van der Waals surface area contributed by atoms with Crippen LogP contribution >= 0.6 is 0 Å². The van der Waals surface area contributed by atoms with Crippen molar-refractivity contribution in [2.24, 2.45) is 0 Å². The van der Waals surface area contributed by atoms with Crippen LogP contribution in [0.4, 0.5) is 0 Å². The van der Waals surface area contributed by atoms with E-state index in [2.05, 4.69) is 0 Å². The van der Waals surface area contributed by atoms with E-state index < -0.39 is 22.2 Å². The molecule has 8 heteroatoms. The Bertz CT molecular complexity index is 963. The van der Waals surface area contributed by atoms with Crippen LogP contribution in [0, 0.1) is 0 Å². The van der Waals surface area contributed by atoms with E-state index >= 15 is 0 Å². The molecule has 0 bridgehead atoms. The molecule has 7 nitrogen and oxygen atoms in total. The van der Waals surface area contributed by atoms with E-state index in [1.54, 1.807) is 50.2 Å². The molecule has 29 heavy (non-hydrogen) atoms. The predicted molar refractivity (Wildman–Crippen MR) is 109 cm³/mol. The first-order chi connectivity index (χ1) is 13.8. The van der Waals surface area contributed by atoms with Gasteiger partial charge < -0.3 is 19.3 Å². The fourth-order valence-electron chi connectivity index (χ4n) is 3.95. The Morgan fingerprint density at radius 1 is 1.03 bits per heavy atom. The normalized spacial score (nSPS) is 20.9. The molecule has 2 aromatic carbocycles. The third-order valence-electron chi connectivity index (χ3n) is 5.16. The third kappa shape index (κ3) is 3.68. The summed E-state index contributed by atoms with van der Waals surface area (Å²) in [5.41, 5.74) is 1.19. The molecule has 2 unspecified atom stereocenters. The van der Waals surface area contributed by atoms with Crippen LogP contribution in [0.1, 0.15) is 31.1 Å². The number of methoxy groups -OCH3 is 3. The van der Waals surface area contributed by atoms with E-state index in [9.17, 15) is 13.5 Å². The maximum Gasteiger partial charge on any atom is 0.244 e. The molecule has 0 saturated carbocycles. The second-order valence-electron chi connectivity index (χ2n) is 7.22. The van der Waals surface area contributed by atoms with Gasteiger partial charge in [-0.2, -0.15) is 4.31 Å². The minimum Gasteiger partial charge on any atom is -0.493 e. The first kappa shape index (κ1) is 21.4. The summed E-state index contributed by atoms with van der Waals surface area (Å²) in [6, 6.07) is 9.17. The zero-order chi connectivity index (χ0) is 21.3. The Kier molecular flexibility index (Phi) is 6.07. The van der Waals surface area contributed by atoms with Gasteiger partial charge in [-0.25, -0.2) is 8.42 Å². The lowest BCUT2D eigenvalue weighted by molar-refractivity contribution is 0.0684. The molecule has 2 atom stereocenters. The minimum atomic E-state index is -3.74. The van der Waals surface area contributed by atoms with Gasteiger partial charge in [0.15, 0.2) is 11.5 Å². The quantitative estimate of drug-likeness (QED) is 0.772. The summed E-state index contributed by atoms with van der Waals surface area (Å²) in [6.07, 6.45) is -0.680. The third-order valence-corrected chi connectivity index (χ3v) is 7.34. The average Bonchev–Trinajstić information content (AvgIpc) is 2.70.